The number of nitrogens with one attached hydrogen (secondary N) is 1. The van der Waals surface area contributed by atoms with E-state index in [-0.39, 0.29) is 0 Å². The van der Waals surface area contributed by atoms with Gasteiger partial charge in [0.05, 0.1) is 13.3 Å². The van der Waals surface area contributed by atoms with Crippen LogP contribution in [0.1, 0.15) is 5.56 Å². The first-order valence-electron chi connectivity index (χ1n) is 4.78. The van der Waals surface area contributed by atoms with Crippen LogP contribution in [0.5, 0.6) is 0 Å². The molecular weight excluding hydrogens is 206 g/mol. The fourth-order valence-corrected chi connectivity index (χ4v) is 1.06. The average Bonchev–Trinajstić information content (AvgIpc) is 2.29. The van der Waals surface area contributed by atoms with Gasteiger partial charge < -0.3 is 9.64 Å². The van der Waals surface area contributed by atoms with Crippen molar-refractivity contribution >= 4 is 18.0 Å². The Morgan fingerprint density at radius 2 is 2.00 bits per heavy atom. The smallest absolute Gasteiger partial charge is 0.427 e. The zero-order chi connectivity index (χ0) is 12.0. The summed E-state index contributed by atoms with van der Waals surface area (Å²) in [7, 11) is 5.24. The molecule has 0 aliphatic heterocycles. The van der Waals surface area contributed by atoms with Crippen LogP contribution in [0.2, 0.25) is 0 Å². The zero-order valence-corrected chi connectivity index (χ0v) is 9.60. The SMILES string of the molecule is COC(=O)NN=Cc1ccc(N(C)C)cc1. The lowest BCUT2D eigenvalue weighted by Crippen LogP contribution is -2.16. The minimum Gasteiger partial charge on any atom is -0.452 e. The Labute approximate surface area is 94.7 Å². The first-order valence-corrected chi connectivity index (χ1v) is 4.78. The van der Waals surface area contributed by atoms with Gasteiger partial charge in [-0.15, -0.1) is 0 Å². The normalized spacial score (nSPS) is 10.2. The molecule has 1 rings (SSSR count). The van der Waals surface area contributed by atoms with E-state index < -0.39 is 6.09 Å². The molecule has 0 heterocycles. The van der Waals surface area contributed by atoms with E-state index in [1.807, 2.05) is 43.3 Å². The van der Waals surface area contributed by atoms with Gasteiger partial charge in [0.15, 0.2) is 0 Å². The van der Waals surface area contributed by atoms with Crippen LogP contribution in [0.3, 0.4) is 0 Å². The summed E-state index contributed by atoms with van der Waals surface area (Å²) in [5, 5.41) is 3.72. The lowest BCUT2D eigenvalue weighted by Gasteiger charge is -2.11. The van der Waals surface area contributed by atoms with Gasteiger partial charge in [-0.05, 0) is 17.7 Å². The molecule has 0 spiro atoms. The predicted octanol–water partition coefficient (Wildman–Crippen LogP) is 1.44. The number of rotatable bonds is 3. The van der Waals surface area contributed by atoms with Crippen LogP contribution in [0, 0.1) is 0 Å². The van der Waals surface area contributed by atoms with Crippen molar-refractivity contribution in [1.82, 2.24) is 5.43 Å². The van der Waals surface area contributed by atoms with Gasteiger partial charge in [-0.3, -0.25) is 0 Å². The van der Waals surface area contributed by atoms with E-state index in [1.54, 1.807) is 6.21 Å². The van der Waals surface area contributed by atoms with Crippen LogP contribution >= 0.6 is 0 Å². The number of methoxy groups -OCH3 is 1. The second-order valence-electron chi connectivity index (χ2n) is 3.35. The molecule has 1 aromatic rings. The standard InChI is InChI=1S/C11H15N3O2/c1-14(2)10-6-4-9(5-7-10)8-12-13-11(15)16-3/h4-8H,1-3H3,(H,13,15). The maximum Gasteiger partial charge on any atom is 0.427 e. The minimum absolute atomic E-state index is 0.582. The first kappa shape index (κ1) is 12.0. The fourth-order valence-electron chi connectivity index (χ4n) is 1.06. The number of ether oxygens (including phenoxy) is 1. The Bertz CT molecular complexity index is 371. The van der Waals surface area contributed by atoms with Crippen molar-refractivity contribution in [2.75, 3.05) is 26.1 Å². The quantitative estimate of drug-likeness (QED) is 0.620. The molecule has 1 aromatic carbocycles. The number of hydrogen-bond acceptors (Lipinski definition) is 4. The van der Waals surface area contributed by atoms with Gasteiger partial charge in [-0.1, -0.05) is 12.1 Å². The summed E-state index contributed by atoms with van der Waals surface area (Å²) in [4.78, 5) is 12.7. The number of nitrogens with zero attached hydrogens (tertiary/aromatic N) is 2. The average molecular weight is 221 g/mol. The maximum atomic E-state index is 10.7. The molecule has 1 amide bonds. The van der Waals surface area contributed by atoms with Crippen LogP contribution < -0.4 is 10.3 Å². The minimum atomic E-state index is -0.582. The lowest BCUT2D eigenvalue weighted by molar-refractivity contribution is 0.171. The van der Waals surface area contributed by atoms with Crippen molar-refractivity contribution in [1.29, 1.82) is 0 Å². The molecule has 0 aliphatic carbocycles. The largest absolute Gasteiger partial charge is 0.452 e. The molecule has 0 saturated carbocycles. The van der Waals surface area contributed by atoms with Gasteiger partial charge in [0, 0.05) is 19.8 Å². The van der Waals surface area contributed by atoms with Crippen molar-refractivity contribution in [3.63, 3.8) is 0 Å². The van der Waals surface area contributed by atoms with Crippen molar-refractivity contribution in [2.45, 2.75) is 0 Å². The van der Waals surface area contributed by atoms with E-state index in [1.165, 1.54) is 7.11 Å². The number of hydrogen-bond donors (Lipinski definition) is 1. The van der Waals surface area contributed by atoms with E-state index in [9.17, 15) is 4.79 Å². The summed E-state index contributed by atoms with van der Waals surface area (Å²) in [5.74, 6) is 0. The summed E-state index contributed by atoms with van der Waals surface area (Å²) >= 11 is 0. The fraction of sp³-hybridized carbons (Fsp3) is 0.273. The number of carbonyl (C=O) groups excluding carboxylic acids is 1. The Kier molecular flexibility index (Phi) is 4.32. The lowest BCUT2D eigenvalue weighted by atomic mass is 10.2. The highest BCUT2D eigenvalue weighted by molar-refractivity contribution is 5.81. The molecule has 0 saturated heterocycles. The summed E-state index contributed by atoms with van der Waals surface area (Å²) < 4.78 is 4.37. The molecule has 0 aromatic heterocycles. The molecule has 0 atom stereocenters. The molecular formula is C11H15N3O2. The Morgan fingerprint density at radius 3 is 2.50 bits per heavy atom. The van der Waals surface area contributed by atoms with Gasteiger partial charge in [0.25, 0.3) is 0 Å². The first-order chi connectivity index (χ1) is 7.63. The van der Waals surface area contributed by atoms with Crippen LogP contribution in [0.15, 0.2) is 29.4 Å². The highest BCUT2D eigenvalue weighted by atomic mass is 16.5. The van der Waals surface area contributed by atoms with E-state index in [4.69, 9.17) is 0 Å². The summed E-state index contributed by atoms with van der Waals surface area (Å²) in [5.41, 5.74) is 4.23. The zero-order valence-electron chi connectivity index (χ0n) is 9.60. The second kappa shape index (κ2) is 5.75. The van der Waals surface area contributed by atoms with E-state index in [0.29, 0.717) is 0 Å². The third-order valence-corrected chi connectivity index (χ3v) is 1.96. The van der Waals surface area contributed by atoms with Crippen LogP contribution in [0.4, 0.5) is 10.5 Å². The third kappa shape index (κ3) is 3.61. The van der Waals surface area contributed by atoms with Crippen molar-refractivity contribution in [2.24, 2.45) is 5.10 Å². The molecule has 16 heavy (non-hydrogen) atoms. The Balaban J connectivity index is 2.58. The number of anilines is 1. The second-order valence-corrected chi connectivity index (χ2v) is 3.35. The number of hydrazone groups is 1. The highest BCUT2D eigenvalue weighted by Gasteiger charge is 1.95. The highest BCUT2D eigenvalue weighted by Crippen LogP contribution is 2.10. The van der Waals surface area contributed by atoms with Gasteiger partial charge in [-0.2, -0.15) is 5.10 Å². The molecule has 5 nitrogen and oxygen atoms in total. The van der Waals surface area contributed by atoms with E-state index in [2.05, 4.69) is 15.3 Å². The van der Waals surface area contributed by atoms with Crippen LogP contribution in [0.25, 0.3) is 0 Å². The van der Waals surface area contributed by atoms with Gasteiger partial charge in [0.1, 0.15) is 0 Å². The molecule has 1 N–H and O–H groups in total. The molecule has 0 unspecified atom stereocenters. The van der Waals surface area contributed by atoms with Crippen molar-refractivity contribution in [3.8, 4) is 0 Å². The molecule has 5 heteroatoms. The van der Waals surface area contributed by atoms with E-state index in [0.717, 1.165) is 11.3 Å². The Morgan fingerprint density at radius 1 is 1.38 bits per heavy atom. The molecule has 86 valence electrons. The molecule has 0 fully saturated rings. The van der Waals surface area contributed by atoms with Gasteiger partial charge in [-0.25, -0.2) is 10.2 Å². The number of amides is 1. The topological polar surface area (TPSA) is 53.9 Å². The number of benzene rings is 1. The van der Waals surface area contributed by atoms with Gasteiger partial charge >= 0.3 is 6.09 Å². The predicted molar refractivity (Wildman–Crippen MR) is 63.9 cm³/mol. The van der Waals surface area contributed by atoms with E-state index >= 15 is 0 Å². The summed E-state index contributed by atoms with van der Waals surface area (Å²) in [6.07, 6.45) is 0.970. The van der Waals surface area contributed by atoms with Crippen molar-refractivity contribution < 1.29 is 9.53 Å². The maximum absolute atomic E-state index is 10.7. The Hall–Kier alpha value is -2.04. The van der Waals surface area contributed by atoms with Crippen LogP contribution in [-0.4, -0.2) is 33.5 Å². The third-order valence-electron chi connectivity index (χ3n) is 1.96. The molecule has 0 radical (unpaired) electrons. The van der Waals surface area contributed by atoms with Crippen LogP contribution in [-0.2, 0) is 4.74 Å². The summed E-state index contributed by atoms with van der Waals surface area (Å²) in [6, 6.07) is 7.77. The molecule has 0 aliphatic rings. The van der Waals surface area contributed by atoms with Gasteiger partial charge in [0.2, 0.25) is 0 Å². The monoisotopic (exact) mass is 221 g/mol. The number of carbonyl (C=O) groups is 1. The van der Waals surface area contributed by atoms with Crippen molar-refractivity contribution in [3.05, 3.63) is 29.8 Å². The summed E-state index contributed by atoms with van der Waals surface area (Å²) in [6.45, 7) is 0. The molecule has 0 bridgehead atoms.